The van der Waals surface area contributed by atoms with Crippen LogP contribution < -0.4 is 5.32 Å². The fourth-order valence-electron chi connectivity index (χ4n) is 2.31. The molecule has 0 radical (unpaired) electrons. The lowest BCUT2D eigenvalue weighted by Crippen LogP contribution is -2.18. The van der Waals surface area contributed by atoms with E-state index in [0.29, 0.717) is 0 Å². The quantitative estimate of drug-likeness (QED) is 0.777. The van der Waals surface area contributed by atoms with Gasteiger partial charge in [0, 0.05) is 24.8 Å². The highest BCUT2D eigenvalue weighted by molar-refractivity contribution is 5.78. The zero-order valence-electron chi connectivity index (χ0n) is 11.0. The minimum atomic E-state index is 0.0679. The van der Waals surface area contributed by atoms with Gasteiger partial charge in [0.2, 0.25) is 0 Å². The van der Waals surface area contributed by atoms with E-state index in [0.717, 1.165) is 22.2 Å². The van der Waals surface area contributed by atoms with Crippen molar-refractivity contribution in [1.82, 2.24) is 19.9 Å². The Hall–Kier alpha value is -2.20. The predicted octanol–water partition coefficient (Wildman–Crippen LogP) is 2.28. The number of benzene rings is 1. The highest BCUT2D eigenvalue weighted by Crippen LogP contribution is 2.22. The lowest BCUT2D eigenvalue weighted by Gasteiger charge is -2.14. The molecule has 0 amide bonds. The van der Waals surface area contributed by atoms with Gasteiger partial charge in [-0.1, -0.05) is 18.2 Å². The van der Waals surface area contributed by atoms with E-state index in [2.05, 4.69) is 27.4 Å². The lowest BCUT2D eigenvalue weighted by atomic mass is 10.0. The van der Waals surface area contributed by atoms with Gasteiger partial charge in [-0.15, -0.1) is 0 Å². The van der Waals surface area contributed by atoms with Gasteiger partial charge in [0.1, 0.15) is 0 Å². The van der Waals surface area contributed by atoms with Crippen LogP contribution in [0.4, 0.5) is 0 Å². The second-order valence-corrected chi connectivity index (χ2v) is 4.65. The summed E-state index contributed by atoms with van der Waals surface area (Å²) < 4.78 is 1.95. The number of rotatable bonds is 3. The highest BCUT2D eigenvalue weighted by atomic mass is 15.0. The molecule has 3 rings (SSSR count). The zero-order valence-corrected chi connectivity index (χ0v) is 11.0. The van der Waals surface area contributed by atoms with Crippen LogP contribution in [-0.4, -0.2) is 21.6 Å². The van der Waals surface area contributed by atoms with E-state index in [1.165, 1.54) is 0 Å². The molecular formula is C15H16N4. The Morgan fingerprint density at radius 3 is 2.79 bits per heavy atom. The topological polar surface area (TPSA) is 42.7 Å². The molecule has 96 valence electrons. The number of pyridine rings is 1. The van der Waals surface area contributed by atoms with Gasteiger partial charge in [-0.2, -0.15) is 0 Å². The van der Waals surface area contributed by atoms with E-state index in [1.807, 2.05) is 55.6 Å². The standard InChI is InChI=1S/C15H16N4/c1-16-15(14-9-19(2)10-18-14)12-7-11-5-3-4-6-13(11)17-8-12/h3-10,15-16H,1-2H3. The van der Waals surface area contributed by atoms with Crippen LogP contribution in [0.2, 0.25) is 0 Å². The molecule has 4 heteroatoms. The average Bonchev–Trinajstić information content (AvgIpc) is 2.86. The Balaban J connectivity index is 2.06. The largest absolute Gasteiger partial charge is 0.340 e. The van der Waals surface area contributed by atoms with Gasteiger partial charge in [0.05, 0.1) is 23.6 Å². The molecule has 2 aromatic heterocycles. The van der Waals surface area contributed by atoms with E-state index >= 15 is 0 Å². The smallest absolute Gasteiger partial charge is 0.0947 e. The van der Waals surface area contributed by atoms with Gasteiger partial charge < -0.3 is 9.88 Å². The Morgan fingerprint density at radius 2 is 2.05 bits per heavy atom. The van der Waals surface area contributed by atoms with E-state index in [9.17, 15) is 0 Å². The van der Waals surface area contributed by atoms with Crippen LogP contribution in [0.5, 0.6) is 0 Å². The van der Waals surface area contributed by atoms with Crippen molar-refractivity contribution in [3.63, 3.8) is 0 Å². The molecular weight excluding hydrogens is 236 g/mol. The first-order chi connectivity index (χ1) is 9.28. The van der Waals surface area contributed by atoms with Gasteiger partial charge in [-0.05, 0) is 24.7 Å². The van der Waals surface area contributed by atoms with E-state index in [1.54, 1.807) is 0 Å². The summed E-state index contributed by atoms with van der Waals surface area (Å²) >= 11 is 0. The molecule has 1 aromatic carbocycles. The Morgan fingerprint density at radius 1 is 1.21 bits per heavy atom. The number of fused-ring (bicyclic) bond motifs is 1. The van der Waals surface area contributed by atoms with Crippen LogP contribution in [0.3, 0.4) is 0 Å². The van der Waals surface area contributed by atoms with Gasteiger partial charge in [0.15, 0.2) is 0 Å². The first kappa shape index (κ1) is 11.9. The minimum Gasteiger partial charge on any atom is -0.340 e. The molecule has 0 aliphatic rings. The molecule has 3 aromatic rings. The summed E-state index contributed by atoms with van der Waals surface area (Å²) in [7, 11) is 3.91. The number of imidazole rings is 1. The molecule has 1 unspecified atom stereocenters. The van der Waals surface area contributed by atoms with Crippen molar-refractivity contribution in [2.45, 2.75) is 6.04 Å². The van der Waals surface area contributed by atoms with Crippen LogP contribution in [0.25, 0.3) is 10.9 Å². The summed E-state index contributed by atoms with van der Waals surface area (Å²) in [6.45, 7) is 0. The average molecular weight is 252 g/mol. The van der Waals surface area contributed by atoms with Gasteiger partial charge in [-0.3, -0.25) is 4.98 Å². The lowest BCUT2D eigenvalue weighted by molar-refractivity contribution is 0.672. The first-order valence-corrected chi connectivity index (χ1v) is 6.28. The molecule has 0 spiro atoms. The molecule has 0 aliphatic carbocycles. The van der Waals surface area contributed by atoms with Crippen LogP contribution >= 0.6 is 0 Å². The summed E-state index contributed by atoms with van der Waals surface area (Å²) in [5, 5.41) is 4.45. The molecule has 2 heterocycles. The van der Waals surface area contributed by atoms with Crippen molar-refractivity contribution < 1.29 is 0 Å². The Bertz CT molecular complexity index is 702. The number of nitrogens with one attached hydrogen (secondary N) is 1. The fourth-order valence-corrected chi connectivity index (χ4v) is 2.31. The predicted molar refractivity (Wildman–Crippen MR) is 75.9 cm³/mol. The molecule has 19 heavy (non-hydrogen) atoms. The summed E-state index contributed by atoms with van der Waals surface area (Å²) in [5.41, 5.74) is 3.14. The molecule has 0 saturated heterocycles. The van der Waals surface area contributed by atoms with Gasteiger partial charge in [0.25, 0.3) is 0 Å². The zero-order chi connectivity index (χ0) is 13.2. The number of aromatic nitrogens is 3. The van der Waals surface area contributed by atoms with Crippen molar-refractivity contribution in [3.05, 3.63) is 60.3 Å². The first-order valence-electron chi connectivity index (χ1n) is 6.28. The van der Waals surface area contributed by atoms with Gasteiger partial charge in [-0.25, -0.2) is 4.98 Å². The summed E-state index contributed by atoms with van der Waals surface area (Å²) in [5.74, 6) is 0. The minimum absolute atomic E-state index is 0.0679. The third-order valence-corrected chi connectivity index (χ3v) is 3.25. The van der Waals surface area contributed by atoms with Crippen molar-refractivity contribution in [2.75, 3.05) is 7.05 Å². The molecule has 1 N–H and O–H groups in total. The molecule has 1 atom stereocenters. The normalized spacial score (nSPS) is 12.7. The second-order valence-electron chi connectivity index (χ2n) is 4.65. The van der Waals surface area contributed by atoms with Crippen molar-refractivity contribution >= 4 is 10.9 Å². The number of hydrogen-bond donors (Lipinski definition) is 1. The third kappa shape index (κ3) is 2.22. The molecule has 0 aliphatic heterocycles. The van der Waals surface area contributed by atoms with Crippen LogP contribution in [0, 0.1) is 0 Å². The third-order valence-electron chi connectivity index (χ3n) is 3.25. The number of nitrogens with zero attached hydrogens (tertiary/aromatic N) is 3. The number of hydrogen-bond acceptors (Lipinski definition) is 3. The number of para-hydroxylation sites is 1. The maximum Gasteiger partial charge on any atom is 0.0947 e. The molecule has 4 nitrogen and oxygen atoms in total. The van der Waals surface area contributed by atoms with Crippen molar-refractivity contribution in [3.8, 4) is 0 Å². The molecule has 0 fully saturated rings. The van der Waals surface area contributed by atoms with Crippen LogP contribution in [0.15, 0.2) is 49.1 Å². The molecule has 0 bridgehead atoms. The SMILES string of the molecule is CNC(c1cnc2ccccc2c1)c1cn(C)cn1. The summed E-state index contributed by atoms with van der Waals surface area (Å²) in [4.78, 5) is 8.92. The van der Waals surface area contributed by atoms with Crippen molar-refractivity contribution in [1.29, 1.82) is 0 Å². The van der Waals surface area contributed by atoms with Crippen molar-refractivity contribution in [2.24, 2.45) is 7.05 Å². The molecule has 0 saturated carbocycles. The summed E-state index contributed by atoms with van der Waals surface area (Å²) in [6, 6.07) is 10.4. The second kappa shape index (κ2) is 4.82. The van der Waals surface area contributed by atoms with Crippen LogP contribution in [-0.2, 0) is 7.05 Å². The van der Waals surface area contributed by atoms with E-state index in [-0.39, 0.29) is 6.04 Å². The fraction of sp³-hybridized carbons (Fsp3) is 0.200. The highest BCUT2D eigenvalue weighted by Gasteiger charge is 2.15. The number of aryl methyl sites for hydroxylation is 1. The van der Waals surface area contributed by atoms with E-state index < -0.39 is 0 Å². The maximum absolute atomic E-state index is 4.51. The van der Waals surface area contributed by atoms with Crippen LogP contribution in [0.1, 0.15) is 17.3 Å². The monoisotopic (exact) mass is 252 g/mol. The summed E-state index contributed by atoms with van der Waals surface area (Å²) in [6.07, 6.45) is 5.75. The van der Waals surface area contributed by atoms with E-state index in [4.69, 9.17) is 0 Å². The maximum atomic E-state index is 4.51. The van der Waals surface area contributed by atoms with Gasteiger partial charge >= 0.3 is 0 Å². The Labute approximate surface area is 112 Å². The Kier molecular flexibility index (Phi) is 3.01.